The Balaban J connectivity index is 2.69. The molecular formula is C15H21ClN2O. The zero-order valence-electron chi connectivity index (χ0n) is 11.8. The van der Waals surface area contributed by atoms with Gasteiger partial charge < -0.3 is 10.1 Å². The summed E-state index contributed by atoms with van der Waals surface area (Å²) in [5, 5.41) is 12.6. The molecule has 0 unspecified atom stereocenters. The predicted molar refractivity (Wildman–Crippen MR) is 78.4 cm³/mol. The highest BCUT2D eigenvalue weighted by atomic mass is 35.5. The number of rotatable bonds is 6. The van der Waals surface area contributed by atoms with Crippen LogP contribution in [0.25, 0.3) is 0 Å². The van der Waals surface area contributed by atoms with Gasteiger partial charge in [0, 0.05) is 29.1 Å². The van der Waals surface area contributed by atoms with Crippen LogP contribution < -0.4 is 10.1 Å². The number of hydrogen-bond donors (Lipinski definition) is 1. The van der Waals surface area contributed by atoms with E-state index in [0.717, 1.165) is 17.7 Å². The molecule has 0 spiro atoms. The van der Waals surface area contributed by atoms with Crippen LogP contribution >= 0.6 is 11.6 Å². The van der Waals surface area contributed by atoms with Gasteiger partial charge in [-0.3, -0.25) is 0 Å². The van der Waals surface area contributed by atoms with Gasteiger partial charge in [-0.1, -0.05) is 17.7 Å². The molecule has 3 nitrogen and oxygen atoms in total. The van der Waals surface area contributed by atoms with Gasteiger partial charge in [0.25, 0.3) is 0 Å². The Morgan fingerprint density at radius 2 is 2.11 bits per heavy atom. The fourth-order valence-corrected chi connectivity index (χ4v) is 1.77. The maximum absolute atomic E-state index is 8.50. The average molecular weight is 281 g/mol. The largest absolute Gasteiger partial charge is 0.493 e. The lowest BCUT2D eigenvalue weighted by atomic mass is 10.1. The van der Waals surface area contributed by atoms with Gasteiger partial charge in [0.1, 0.15) is 5.75 Å². The first kappa shape index (κ1) is 15.8. The standard InChI is InChI=1S/C15H21ClN2O/c1-15(2,3)18-11-12-13(16)7-6-8-14(12)19-10-5-4-9-17/h6-8,18H,4-5,10-11H2,1-3H3. The molecule has 0 heterocycles. The molecule has 0 amide bonds. The highest BCUT2D eigenvalue weighted by Gasteiger charge is 2.13. The molecule has 0 radical (unpaired) electrons. The summed E-state index contributed by atoms with van der Waals surface area (Å²) in [6, 6.07) is 7.76. The van der Waals surface area contributed by atoms with Crippen LogP contribution in [0.15, 0.2) is 18.2 Å². The Morgan fingerprint density at radius 1 is 1.37 bits per heavy atom. The molecule has 0 fully saturated rings. The highest BCUT2D eigenvalue weighted by molar-refractivity contribution is 6.31. The summed E-state index contributed by atoms with van der Waals surface area (Å²) < 4.78 is 5.71. The van der Waals surface area contributed by atoms with Crippen molar-refractivity contribution in [3.05, 3.63) is 28.8 Å². The van der Waals surface area contributed by atoms with Crippen molar-refractivity contribution in [1.82, 2.24) is 5.32 Å². The minimum Gasteiger partial charge on any atom is -0.493 e. The molecule has 104 valence electrons. The smallest absolute Gasteiger partial charge is 0.125 e. The van der Waals surface area contributed by atoms with Crippen LogP contribution in [0.2, 0.25) is 5.02 Å². The van der Waals surface area contributed by atoms with Crippen molar-refractivity contribution in [1.29, 1.82) is 5.26 Å². The summed E-state index contributed by atoms with van der Waals surface area (Å²) in [5.74, 6) is 0.794. The first-order valence-corrected chi connectivity index (χ1v) is 6.84. The molecule has 1 N–H and O–H groups in total. The predicted octanol–water partition coefficient (Wildman–Crippen LogP) is 3.91. The first-order chi connectivity index (χ1) is 8.94. The van der Waals surface area contributed by atoms with Crippen molar-refractivity contribution >= 4 is 11.6 Å². The first-order valence-electron chi connectivity index (χ1n) is 6.46. The van der Waals surface area contributed by atoms with E-state index in [2.05, 4.69) is 32.2 Å². The van der Waals surface area contributed by atoms with E-state index in [0.29, 0.717) is 24.6 Å². The summed E-state index contributed by atoms with van der Waals surface area (Å²) in [4.78, 5) is 0. The molecule has 0 bridgehead atoms. The van der Waals surface area contributed by atoms with Crippen LogP contribution in [0.4, 0.5) is 0 Å². The van der Waals surface area contributed by atoms with Gasteiger partial charge in [-0.2, -0.15) is 5.26 Å². The van der Waals surface area contributed by atoms with Crippen molar-refractivity contribution in [2.45, 2.75) is 45.7 Å². The Kier molecular flexibility index (Phi) is 6.14. The Labute approximate surface area is 120 Å². The van der Waals surface area contributed by atoms with Crippen LogP contribution in [0.5, 0.6) is 5.75 Å². The monoisotopic (exact) mass is 280 g/mol. The summed E-state index contributed by atoms with van der Waals surface area (Å²) in [5.41, 5.74) is 0.994. The number of unbranched alkanes of at least 4 members (excludes halogenated alkanes) is 1. The quantitative estimate of drug-likeness (QED) is 0.804. The minimum atomic E-state index is 0.0250. The summed E-state index contributed by atoms with van der Waals surface area (Å²) in [7, 11) is 0. The topological polar surface area (TPSA) is 45.0 Å². The summed E-state index contributed by atoms with van der Waals surface area (Å²) >= 11 is 6.23. The molecule has 1 aromatic rings. The van der Waals surface area contributed by atoms with Crippen molar-refractivity contribution in [3.8, 4) is 11.8 Å². The zero-order chi connectivity index (χ0) is 14.3. The second-order valence-electron chi connectivity index (χ2n) is 5.43. The lowest BCUT2D eigenvalue weighted by molar-refractivity contribution is 0.306. The van der Waals surface area contributed by atoms with E-state index in [1.165, 1.54) is 0 Å². The van der Waals surface area contributed by atoms with Gasteiger partial charge in [0.2, 0.25) is 0 Å². The normalized spacial score (nSPS) is 11.1. The van der Waals surface area contributed by atoms with Crippen LogP contribution in [-0.2, 0) is 6.54 Å². The van der Waals surface area contributed by atoms with Crippen molar-refractivity contribution in [2.75, 3.05) is 6.61 Å². The number of nitrogens with one attached hydrogen (secondary N) is 1. The lowest BCUT2D eigenvalue weighted by Crippen LogP contribution is -2.35. The van der Waals surface area contributed by atoms with Gasteiger partial charge in [-0.05, 0) is 39.3 Å². The molecule has 0 saturated carbocycles. The van der Waals surface area contributed by atoms with E-state index in [-0.39, 0.29) is 5.54 Å². The van der Waals surface area contributed by atoms with Crippen LogP contribution in [0.1, 0.15) is 39.2 Å². The molecule has 0 saturated heterocycles. The lowest BCUT2D eigenvalue weighted by Gasteiger charge is -2.22. The van der Waals surface area contributed by atoms with E-state index >= 15 is 0 Å². The Morgan fingerprint density at radius 3 is 2.74 bits per heavy atom. The van der Waals surface area contributed by atoms with E-state index in [1.54, 1.807) is 0 Å². The van der Waals surface area contributed by atoms with Gasteiger partial charge in [-0.15, -0.1) is 0 Å². The molecule has 0 aliphatic heterocycles. The van der Waals surface area contributed by atoms with E-state index in [9.17, 15) is 0 Å². The maximum atomic E-state index is 8.50. The fourth-order valence-electron chi connectivity index (χ4n) is 1.53. The Bertz CT molecular complexity index is 446. The molecule has 0 aliphatic rings. The second kappa shape index (κ2) is 7.37. The van der Waals surface area contributed by atoms with Crippen molar-refractivity contribution in [2.24, 2.45) is 0 Å². The number of ether oxygens (including phenoxy) is 1. The molecule has 1 aromatic carbocycles. The third-order valence-electron chi connectivity index (χ3n) is 2.56. The SMILES string of the molecule is CC(C)(C)NCc1c(Cl)cccc1OCCCC#N. The van der Waals surface area contributed by atoms with Crippen molar-refractivity contribution in [3.63, 3.8) is 0 Å². The molecule has 0 aliphatic carbocycles. The molecule has 19 heavy (non-hydrogen) atoms. The van der Waals surface area contributed by atoms with E-state index in [1.807, 2.05) is 18.2 Å². The van der Waals surface area contributed by atoms with Crippen molar-refractivity contribution < 1.29 is 4.74 Å². The molecule has 0 aromatic heterocycles. The molecule has 4 heteroatoms. The molecule has 1 rings (SSSR count). The maximum Gasteiger partial charge on any atom is 0.125 e. The number of nitriles is 1. The van der Waals surface area contributed by atoms with Gasteiger partial charge >= 0.3 is 0 Å². The van der Waals surface area contributed by atoms with Gasteiger partial charge in [0.15, 0.2) is 0 Å². The molecule has 0 atom stereocenters. The number of hydrogen-bond acceptors (Lipinski definition) is 3. The fraction of sp³-hybridized carbons (Fsp3) is 0.533. The third-order valence-corrected chi connectivity index (χ3v) is 2.92. The van der Waals surface area contributed by atoms with Crippen LogP contribution in [0, 0.1) is 11.3 Å². The van der Waals surface area contributed by atoms with Crippen LogP contribution in [0.3, 0.4) is 0 Å². The third kappa shape index (κ3) is 5.96. The van der Waals surface area contributed by atoms with Crippen LogP contribution in [-0.4, -0.2) is 12.1 Å². The second-order valence-corrected chi connectivity index (χ2v) is 5.84. The average Bonchev–Trinajstić information content (AvgIpc) is 2.32. The molecular weight excluding hydrogens is 260 g/mol. The number of benzene rings is 1. The number of nitrogens with zero attached hydrogens (tertiary/aromatic N) is 1. The minimum absolute atomic E-state index is 0.0250. The highest BCUT2D eigenvalue weighted by Crippen LogP contribution is 2.27. The van der Waals surface area contributed by atoms with E-state index in [4.69, 9.17) is 21.6 Å². The summed E-state index contributed by atoms with van der Waals surface area (Å²) in [6.45, 7) is 7.53. The number of halogens is 1. The zero-order valence-corrected chi connectivity index (χ0v) is 12.5. The van der Waals surface area contributed by atoms with Gasteiger partial charge in [0.05, 0.1) is 12.7 Å². The Hall–Kier alpha value is -1.24. The van der Waals surface area contributed by atoms with E-state index < -0.39 is 0 Å². The van der Waals surface area contributed by atoms with Gasteiger partial charge in [-0.25, -0.2) is 0 Å². The summed E-state index contributed by atoms with van der Waals surface area (Å²) in [6.07, 6.45) is 1.24.